The Morgan fingerprint density at radius 3 is 2.86 bits per heavy atom. The van der Waals surface area contributed by atoms with Gasteiger partial charge < -0.3 is 5.11 Å². The first-order chi connectivity index (χ1) is 6.66. The van der Waals surface area contributed by atoms with Gasteiger partial charge in [-0.2, -0.15) is 5.26 Å². The third-order valence-electron chi connectivity index (χ3n) is 2.13. The molecule has 0 aliphatic heterocycles. The molecule has 14 heavy (non-hydrogen) atoms. The second-order valence-corrected chi connectivity index (χ2v) is 3.06. The number of aryl methyl sites for hydroxylation is 1. The third kappa shape index (κ3) is 2.11. The SMILES string of the molecule is Cc1cccc(C(=O)O)c1CCC#N. The van der Waals surface area contributed by atoms with Gasteiger partial charge in [0.05, 0.1) is 11.6 Å². The lowest BCUT2D eigenvalue weighted by atomic mass is 9.98. The Bertz CT molecular complexity index is 391. The molecule has 1 rings (SSSR count). The Kier molecular flexibility index (Phi) is 3.24. The summed E-state index contributed by atoms with van der Waals surface area (Å²) in [6.45, 7) is 1.86. The maximum atomic E-state index is 10.9. The van der Waals surface area contributed by atoms with Crippen LogP contribution in [-0.4, -0.2) is 11.1 Å². The zero-order valence-corrected chi connectivity index (χ0v) is 7.95. The number of benzene rings is 1. The smallest absolute Gasteiger partial charge is 0.335 e. The summed E-state index contributed by atoms with van der Waals surface area (Å²) in [5, 5.41) is 17.4. The van der Waals surface area contributed by atoms with Crippen LogP contribution in [-0.2, 0) is 6.42 Å². The molecule has 0 saturated heterocycles. The molecule has 0 amide bonds. The Morgan fingerprint density at radius 1 is 1.57 bits per heavy atom. The molecule has 0 heterocycles. The molecule has 0 aliphatic rings. The summed E-state index contributed by atoms with van der Waals surface area (Å²) in [5.74, 6) is -0.929. The maximum absolute atomic E-state index is 10.9. The Balaban J connectivity index is 3.10. The van der Waals surface area contributed by atoms with Gasteiger partial charge in [0.1, 0.15) is 0 Å². The summed E-state index contributed by atoms with van der Waals surface area (Å²) < 4.78 is 0. The van der Waals surface area contributed by atoms with E-state index in [1.54, 1.807) is 12.1 Å². The van der Waals surface area contributed by atoms with Crippen LogP contribution in [0.2, 0.25) is 0 Å². The van der Waals surface area contributed by atoms with Crippen molar-refractivity contribution in [3.05, 3.63) is 34.9 Å². The highest BCUT2D eigenvalue weighted by Crippen LogP contribution is 2.16. The van der Waals surface area contributed by atoms with Gasteiger partial charge in [-0.1, -0.05) is 12.1 Å². The summed E-state index contributed by atoms with van der Waals surface area (Å²) in [6.07, 6.45) is 0.857. The molecule has 0 fully saturated rings. The average molecular weight is 189 g/mol. The number of carbonyl (C=O) groups is 1. The minimum absolute atomic E-state index is 0.306. The number of carboxylic acid groups (broad SMARTS) is 1. The van der Waals surface area contributed by atoms with E-state index in [-0.39, 0.29) is 0 Å². The van der Waals surface area contributed by atoms with Crippen molar-refractivity contribution in [2.75, 3.05) is 0 Å². The van der Waals surface area contributed by atoms with Crippen molar-refractivity contribution in [1.82, 2.24) is 0 Å². The van der Waals surface area contributed by atoms with Crippen molar-refractivity contribution < 1.29 is 9.90 Å². The van der Waals surface area contributed by atoms with Crippen LogP contribution in [0.4, 0.5) is 0 Å². The molecule has 1 aromatic carbocycles. The van der Waals surface area contributed by atoms with E-state index in [9.17, 15) is 4.79 Å². The minimum Gasteiger partial charge on any atom is -0.478 e. The third-order valence-corrected chi connectivity index (χ3v) is 2.13. The van der Waals surface area contributed by atoms with Crippen LogP contribution in [0.5, 0.6) is 0 Å². The molecule has 0 bridgehead atoms. The molecular formula is C11H11NO2. The number of nitriles is 1. The molecular weight excluding hydrogens is 178 g/mol. The summed E-state index contributed by atoms with van der Waals surface area (Å²) in [5.41, 5.74) is 2.00. The first kappa shape index (κ1) is 10.3. The highest BCUT2D eigenvalue weighted by atomic mass is 16.4. The molecule has 1 N–H and O–H groups in total. The number of hydrogen-bond donors (Lipinski definition) is 1. The quantitative estimate of drug-likeness (QED) is 0.792. The summed E-state index contributed by atoms with van der Waals surface area (Å²) in [6, 6.07) is 7.17. The zero-order chi connectivity index (χ0) is 10.6. The molecule has 0 aromatic heterocycles. The number of carboxylic acids is 1. The predicted molar refractivity (Wildman–Crippen MR) is 52.1 cm³/mol. The van der Waals surface area contributed by atoms with E-state index in [0.29, 0.717) is 18.4 Å². The number of nitrogens with zero attached hydrogens (tertiary/aromatic N) is 1. The van der Waals surface area contributed by atoms with E-state index in [2.05, 4.69) is 0 Å². The van der Waals surface area contributed by atoms with Crippen LogP contribution in [0.3, 0.4) is 0 Å². The van der Waals surface area contributed by atoms with E-state index >= 15 is 0 Å². The Labute approximate surface area is 82.6 Å². The van der Waals surface area contributed by atoms with Crippen molar-refractivity contribution in [1.29, 1.82) is 5.26 Å². The fourth-order valence-electron chi connectivity index (χ4n) is 1.42. The second kappa shape index (κ2) is 4.43. The van der Waals surface area contributed by atoms with Crippen LogP contribution in [0.25, 0.3) is 0 Å². The Hall–Kier alpha value is -1.82. The van der Waals surface area contributed by atoms with Crippen LogP contribution < -0.4 is 0 Å². The predicted octanol–water partition coefficient (Wildman–Crippen LogP) is 2.15. The largest absolute Gasteiger partial charge is 0.478 e. The summed E-state index contributed by atoms with van der Waals surface area (Å²) in [4.78, 5) is 10.9. The number of hydrogen-bond acceptors (Lipinski definition) is 2. The van der Waals surface area contributed by atoms with Gasteiger partial charge in [-0.25, -0.2) is 4.79 Å². The fraction of sp³-hybridized carbons (Fsp3) is 0.273. The summed E-state index contributed by atoms with van der Waals surface area (Å²) in [7, 11) is 0. The van der Waals surface area contributed by atoms with Crippen LogP contribution in [0, 0.1) is 18.3 Å². The summed E-state index contributed by atoms with van der Waals surface area (Å²) >= 11 is 0. The molecule has 0 radical (unpaired) electrons. The Morgan fingerprint density at radius 2 is 2.29 bits per heavy atom. The van der Waals surface area contributed by atoms with Crippen molar-refractivity contribution in [2.24, 2.45) is 0 Å². The van der Waals surface area contributed by atoms with Gasteiger partial charge in [0.2, 0.25) is 0 Å². The molecule has 0 spiro atoms. The molecule has 1 aromatic rings. The van der Waals surface area contributed by atoms with E-state index in [0.717, 1.165) is 11.1 Å². The number of aromatic carboxylic acids is 1. The van der Waals surface area contributed by atoms with Crippen molar-refractivity contribution >= 4 is 5.97 Å². The average Bonchev–Trinajstić information content (AvgIpc) is 2.15. The molecule has 0 atom stereocenters. The van der Waals surface area contributed by atoms with E-state index in [1.807, 2.05) is 19.1 Å². The highest BCUT2D eigenvalue weighted by molar-refractivity contribution is 5.89. The van der Waals surface area contributed by atoms with Crippen molar-refractivity contribution in [3.63, 3.8) is 0 Å². The van der Waals surface area contributed by atoms with Gasteiger partial charge in [-0.05, 0) is 30.5 Å². The molecule has 0 saturated carbocycles. The van der Waals surface area contributed by atoms with Gasteiger partial charge >= 0.3 is 5.97 Å². The maximum Gasteiger partial charge on any atom is 0.335 e. The molecule has 72 valence electrons. The van der Waals surface area contributed by atoms with Crippen LogP contribution in [0.1, 0.15) is 27.9 Å². The minimum atomic E-state index is -0.929. The number of rotatable bonds is 3. The highest BCUT2D eigenvalue weighted by Gasteiger charge is 2.10. The van der Waals surface area contributed by atoms with Crippen LogP contribution in [0.15, 0.2) is 18.2 Å². The van der Waals surface area contributed by atoms with Crippen molar-refractivity contribution in [3.8, 4) is 6.07 Å². The molecule has 3 heteroatoms. The lowest BCUT2D eigenvalue weighted by molar-refractivity contribution is 0.0695. The van der Waals surface area contributed by atoms with Gasteiger partial charge in [0.15, 0.2) is 0 Å². The van der Waals surface area contributed by atoms with Gasteiger partial charge in [0, 0.05) is 6.42 Å². The van der Waals surface area contributed by atoms with Crippen molar-refractivity contribution in [2.45, 2.75) is 19.8 Å². The monoisotopic (exact) mass is 189 g/mol. The lowest BCUT2D eigenvalue weighted by Gasteiger charge is -2.07. The zero-order valence-electron chi connectivity index (χ0n) is 7.95. The van der Waals surface area contributed by atoms with E-state index in [1.165, 1.54) is 0 Å². The molecule has 3 nitrogen and oxygen atoms in total. The van der Waals surface area contributed by atoms with Gasteiger partial charge in [-0.15, -0.1) is 0 Å². The van der Waals surface area contributed by atoms with E-state index in [4.69, 9.17) is 10.4 Å². The first-order valence-electron chi connectivity index (χ1n) is 4.35. The first-order valence-corrected chi connectivity index (χ1v) is 4.35. The van der Waals surface area contributed by atoms with Gasteiger partial charge in [-0.3, -0.25) is 0 Å². The second-order valence-electron chi connectivity index (χ2n) is 3.06. The molecule has 0 unspecified atom stereocenters. The standard InChI is InChI=1S/C11H11NO2/c1-8-4-2-5-10(11(13)14)9(8)6-3-7-12/h2,4-5H,3,6H2,1H3,(H,13,14). The molecule has 0 aliphatic carbocycles. The fourth-order valence-corrected chi connectivity index (χ4v) is 1.42. The lowest BCUT2D eigenvalue weighted by Crippen LogP contribution is -2.04. The van der Waals surface area contributed by atoms with E-state index < -0.39 is 5.97 Å². The van der Waals surface area contributed by atoms with Crippen LogP contribution >= 0.6 is 0 Å². The topological polar surface area (TPSA) is 61.1 Å². The normalized spacial score (nSPS) is 9.43. The van der Waals surface area contributed by atoms with Gasteiger partial charge in [0.25, 0.3) is 0 Å².